The maximum Gasteiger partial charge on any atom is 0.259 e. The molecule has 1 unspecified atom stereocenters. The highest BCUT2D eigenvalue weighted by Crippen LogP contribution is 2.30. The van der Waals surface area contributed by atoms with Gasteiger partial charge in [0.25, 0.3) is 5.91 Å². The van der Waals surface area contributed by atoms with Crippen molar-refractivity contribution < 1.29 is 13.7 Å². The first-order chi connectivity index (χ1) is 11.6. The molecule has 1 saturated heterocycles. The summed E-state index contributed by atoms with van der Waals surface area (Å²) in [6.07, 6.45) is 1.90. The van der Waals surface area contributed by atoms with Gasteiger partial charge in [0.2, 0.25) is 0 Å². The number of hydrogen-bond acceptors (Lipinski definition) is 5. The number of para-hydroxylation sites is 2. The van der Waals surface area contributed by atoms with E-state index in [1.54, 1.807) is 13.8 Å². The molecule has 1 amide bonds. The van der Waals surface area contributed by atoms with E-state index in [9.17, 15) is 4.79 Å². The molecule has 1 aliphatic rings. The number of nitrogens with zero attached hydrogens (tertiary/aromatic N) is 3. The Bertz CT molecular complexity index is 843. The molecule has 1 aliphatic heterocycles. The Morgan fingerprint density at radius 1 is 1.29 bits per heavy atom. The summed E-state index contributed by atoms with van der Waals surface area (Å²) in [5.74, 6) is 1.39. The van der Waals surface area contributed by atoms with Crippen molar-refractivity contribution in [2.75, 3.05) is 13.1 Å². The number of fused-ring (bicyclic) bond motifs is 1. The van der Waals surface area contributed by atoms with Gasteiger partial charge in [-0.3, -0.25) is 4.79 Å². The molecule has 0 bridgehead atoms. The van der Waals surface area contributed by atoms with E-state index in [1.807, 2.05) is 29.2 Å². The van der Waals surface area contributed by atoms with Crippen LogP contribution in [0.3, 0.4) is 0 Å². The van der Waals surface area contributed by atoms with Crippen LogP contribution in [0.15, 0.2) is 33.2 Å². The minimum Gasteiger partial charge on any atom is -0.440 e. The molecule has 2 aromatic heterocycles. The Hall–Kier alpha value is -2.63. The van der Waals surface area contributed by atoms with Crippen LogP contribution in [0.25, 0.3) is 11.1 Å². The van der Waals surface area contributed by atoms with Gasteiger partial charge in [0.15, 0.2) is 11.5 Å². The maximum absolute atomic E-state index is 12.8. The van der Waals surface area contributed by atoms with Gasteiger partial charge in [0, 0.05) is 13.1 Å². The first kappa shape index (κ1) is 14.9. The lowest BCUT2D eigenvalue weighted by molar-refractivity contribution is 0.0696. The smallest absolute Gasteiger partial charge is 0.259 e. The zero-order valence-corrected chi connectivity index (χ0v) is 13.8. The number of piperidine rings is 1. The fourth-order valence-corrected chi connectivity index (χ4v) is 3.37. The van der Waals surface area contributed by atoms with Crippen molar-refractivity contribution in [2.45, 2.75) is 32.6 Å². The highest BCUT2D eigenvalue weighted by Gasteiger charge is 2.31. The zero-order valence-electron chi connectivity index (χ0n) is 13.8. The van der Waals surface area contributed by atoms with Crippen LogP contribution in [-0.2, 0) is 0 Å². The molecule has 1 atom stereocenters. The molecule has 0 radical (unpaired) electrons. The first-order valence-electron chi connectivity index (χ1n) is 8.21. The molecule has 3 aromatic rings. The molecule has 1 fully saturated rings. The third-order valence-electron chi connectivity index (χ3n) is 4.62. The summed E-state index contributed by atoms with van der Waals surface area (Å²) in [5.41, 5.74) is 2.87. The van der Waals surface area contributed by atoms with E-state index in [0.29, 0.717) is 29.5 Å². The fourth-order valence-electron chi connectivity index (χ4n) is 3.37. The van der Waals surface area contributed by atoms with Crippen molar-refractivity contribution in [2.24, 2.45) is 0 Å². The molecule has 4 rings (SSSR count). The molecule has 0 saturated carbocycles. The monoisotopic (exact) mass is 325 g/mol. The van der Waals surface area contributed by atoms with Gasteiger partial charge in [0.05, 0.1) is 11.6 Å². The normalized spacial score (nSPS) is 18.2. The lowest BCUT2D eigenvalue weighted by atomic mass is 9.97. The topological polar surface area (TPSA) is 72.4 Å². The molecule has 0 N–H and O–H groups in total. The Morgan fingerprint density at radius 3 is 2.88 bits per heavy atom. The minimum atomic E-state index is -0.0212. The van der Waals surface area contributed by atoms with Crippen molar-refractivity contribution in [3.05, 3.63) is 47.2 Å². The summed E-state index contributed by atoms with van der Waals surface area (Å²) < 4.78 is 11.0. The number of carbonyl (C=O) groups is 1. The molecule has 1 aromatic carbocycles. The second-order valence-electron chi connectivity index (χ2n) is 6.31. The predicted octanol–water partition coefficient (Wildman–Crippen LogP) is 3.45. The fraction of sp³-hybridized carbons (Fsp3) is 0.389. The number of rotatable bonds is 2. The van der Waals surface area contributed by atoms with Crippen LogP contribution < -0.4 is 0 Å². The van der Waals surface area contributed by atoms with Gasteiger partial charge in [-0.2, -0.15) is 0 Å². The standard InChI is InChI=1S/C18H19N3O3/c1-11-16(12(2)24-20-11)18(22)21-9-5-6-13(10-21)17-19-14-7-3-4-8-15(14)23-17/h3-4,7-8,13H,5-6,9-10H2,1-2H3. The first-order valence-corrected chi connectivity index (χ1v) is 8.21. The summed E-state index contributed by atoms with van der Waals surface area (Å²) in [7, 11) is 0. The van der Waals surface area contributed by atoms with Crippen LogP contribution in [-0.4, -0.2) is 34.0 Å². The second-order valence-corrected chi connectivity index (χ2v) is 6.31. The molecule has 3 heterocycles. The van der Waals surface area contributed by atoms with E-state index < -0.39 is 0 Å². The van der Waals surface area contributed by atoms with Crippen LogP contribution >= 0.6 is 0 Å². The van der Waals surface area contributed by atoms with Crippen LogP contribution in [0.4, 0.5) is 0 Å². The molecule has 24 heavy (non-hydrogen) atoms. The predicted molar refractivity (Wildman–Crippen MR) is 87.9 cm³/mol. The number of aromatic nitrogens is 2. The second kappa shape index (κ2) is 5.78. The van der Waals surface area contributed by atoms with Gasteiger partial charge in [-0.1, -0.05) is 17.3 Å². The van der Waals surface area contributed by atoms with E-state index in [4.69, 9.17) is 8.94 Å². The Balaban J connectivity index is 1.58. The van der Waals surface area contributed by atoms with Crippen LogP contribution in [0, 0.1) is 13.8 Å². The summed E-state index contributed by atoms with van der Waals surface area (Å²) in [6, 6.07) is 7.74. The number of carbonyl (C=O) groups excluding carboxylic acids is 1. The number of amides is 1. The Morgan fingerprint density at radius 2 is 2.12 bits per heavy atom. The van der Waals surface area contributed by atoms with Gasteiger partial charge in [-0.25, -0.2) is 4.98 Å². The van der Waals surface area contributed by atoms with E-state index in [1.165, 1.54) is 0 Å². The molecular formula is C18H19N3O3. The van der Waals surface area contributed by atoms with E-state index in [0.717, 1.165) is 30.5 Å². The van der Waals surface area contributed by atoms with E-state index in [2.05, 4.69) is 10.1 Å². The maximum atomic E-state index is 12.8. The number of oxazole rings is 1. The number of hydrogen-bond donors (Lipinski definition) is 0. The van der Waals surface area contributed by atoms with Crippen molar-refractivity contribution in [3.63, 3.8) is 0 Å². The van der Waals surface area contributed by atoms with Gasteiger partial charge < -0.3 is 13.8 Å². The van der Waals surface area contributed by atoms with E-state index in [-0.39, 0.29) is 11.8 Å². The molecular weight excluding hydrogens is 306 g/mol. The highest BCUT2D eigenvalue weighted by molar-refractivity contribution is 5.96. The highest BCUT2D eigenvalue weighted by atomic mass is 16.5. The van der Waals surface area contributed by atoms with Crippen molar-refractivity contribution >= 4 is 17.0 Å². The average molecular weight is 325 g/mol. The van der Waals surface area contributed by atoms with Crippen molar-refractivity contribution in [3.8, 4) is 0 Å². The van der Waals surface area contributed by atoms with Crippen LogP contribution in [0.5, 0.6) is 0 Å². The van der Waals surface area contributed by atoms with Gasteiger partial charge in [0.1, 0.15) is 16.8 Å². The van der Waals surface area contributed by atoms with Crippen molar-refractivity contribution in [1.82, 2.24) is 15.0 Å². The lowest BCUT2D eigenvalue weighted by Crippen LogP contribution is -2.39. The van der Waals surface area contributed by atoms with Crippen LogP contribution in [0.2, 0.25) is 0 Å². The molecule has 0 spiro atoms. The number of aryl methyl sites for hydroxylation is 2. The summed E-state index contributed by atoms with van der Waals surface area (Å²) in [4.78, 5) is 19.3. The van der Waals surface area contributed by atoms with Gasteiger partial charge in [-0.05, 0) is 38.8 Å². The number of likely N-dealkylation sites (tertiary alicyclic amines) is 1. The van der Waals surface area contributed by atoms with E-state index >= 15 is 0 Å². The lowest BCUT2D eigenvalue weighted by Gasteiger charge is -2.31. The zero-order chi connectivity index (χ0) is 16.7. The largest absolute Gasteiger partial charge is 0.440 e. The summed E-state index contributed by atoms with van der Waals surface area (Å²) in [6.45, 7) is 4.91. The molecule has 0 aliphatic carbocycles. The van der Waals surface area contributed by atoms with Crippen molar-refractivity contribution in [1.29, 1.82) is 0 Å². The SMILES string of the molecule is Cc1noc(C)c1C(=O)N1CCCC(c2nc3ccccc3o2)C1. The summed E-state index contributed by atoms with van der Waals surface area (Å²) in [5, 5.41) is 3.88. The third-order valence-corrected chi connectivity index (χ3v) is 4.62. The van der Waals surface area contributed by atoms with Gasteiger partial charge >= 0.3 is 0 Å². The van der Waals surface area contributed by atoms with Crippen LogP contribution in [0.1, 0.15) is 46.5 Å². The summed E-state index contributed by atoms with van der Waals surface area (Å²) >= 11 is 0. The number of benzene rings is 1. The molecule has 124 valence electrons. The molecule has 6 heteroatoms. The molecule has 6 nitrogen and oxygen atoms in total. The Labute approximate surface area is 139 Å². The quantitative estimate of drug-likeness (QED) is 0.721. The third kappa shape index (κ3) is 2.48. The Kier molecular flexibility index (Phi) is 3.59. The average Bonchev–Trinajstić information content (AvgIpc) is 3.18. The minimum absolute atomic E-state index is 0.0212. The van der Waals surface area contributed by atoms with Gasteiger partial charge in [-0.15, -0.1) is 0 Å².